The van der Waals surface area contributed by atoms with Crippen molar-refractivity contribution < 1.29 is 24.2 Å². The molecule has 0 bridgehead atoms. The van der Waals surface area contributed by atoms with E-state index in [1.54, 1.807) is 48.5 Å². The highest BCUT2D eigenvalue weighted by Gasteiger charge is 2.47. The smallest absolute Gasteiger partial charge is 0.300 e. The molecule has 1 unspecified atom stereocenters. The van der Waals surface area contributed by atoms with Gasteiger partial charge in [-0.15, -0.1) is 0 Å². The number of carbonyl (C=O) groups is 2. The molecule has 192 valence electrons. The topological polar surface area (TPSA) is 79.3 Å². The number of carbonyl (C=O) groups excluding carboxylic acids is 2. The lowest BCUT2D eigenvalue weighted by Gasteiger charge is -2.26. The number of halogens is 1. The summed E-state index contributed by atoms with van der Waals surface area (Å²) in [6.45, 7) is 3.86. The molecule has 0 radical (unpaired) electrons. The zero-order chi connectivity index (χ0) is 26.9. The Labute approximate surface area is 221 Å². The molecule has 4 rings (SSSR count). The van der Waals surface area contributed by atoms with Crippen LogP contribution in [0.3, 0.4) is 0 Å². The van der Waals surface area contributed by atoms with Crippen molar-refractivity contribution in [3.8, 4) is 11.5 Å². The molecule has 0 saturated carbocycles. The fourth-order valence-electron chi connectivity index (χ4n) is 4.34. The molecule has 1 aliphatic heterocycles. The van der Waals surface area contributed by atoms with Crippen LogP contribution in [-0.4, -0.2) is 44.1 Å². The fraction of sp³-hybridized carbons (Fsp3) is 0.241. The standard InChI is InChI=1S/C29H29ClN2O5/c1-17(2)37-22-13-6-18(7-14-22)26-25(27(33)23-16-19(30)8-15-24(23)36-5)28(34)29(35)32(26)21-11-9-20(10-12-21)31(3)4/h6-17,26,33H,1-5H3/b27-25+. The Kier molecular flexibility index (Phi) is 7.45. The summed E-state index contributed by atoms with van der Waals surface area (Å²) < 4.78 is 11.2. The molecule has 1 saturated heterocycles. The van der Waals surface area contributed by atoms with Crippen molar-refractivity contribution in [1.29, 1.82) is 0 Å². The van der Waals surface area contributed by atoms with Crippen LogP contribution >= 0.6 is 11.6 Å². The highest BCUT2D eigenvalue weighted by Crippen LogP contribution is 2.44. The molecular formula is C29H29ClN2O5. The normalized spacial score (nSPS) is 16.8. The number of ketones is 1. The molecule has 7 nitrogen and oxygen atoms in total. The molecule has 1 aliphatic rings. The maximum Gasteiger partial charge on any atom is 0.300 e. The summed E-state index contributed by atoms with van der Waals surface area (Å²) in [5.74, 6) is -0.931. The second kappa shape index (κ2) is 10.6. The van der Waals surface area contributed by atoms with E-state index >= 15 is 0 Å². The van der Waals surface area contributed by atoms with Gasteiger partial charge in [0.1, 0.15) is 17.3 Å². The van der Waals surface area contributed by atoms with Gasteiger partial charge in [0.2, 0.25) is 0 Å². The van der Waals surface area contributed by atoms with Gasteiger partial charge in [0.25, 0.3) is 11.7 Å². The number of hydrogen-bond donors (Lipinski definition) is 1. The van der Waals surface area contributed by atoms with Crippen LogP contribution < -0.4 is 19.3 Å². The average Bonchev–Trinajstić information content (AvgIpc) is 3.14. The van der Waals surface area contributed by atoms with Crippen LogP contribution in [-0.2, 0) is 9.59 Å². The molecule has 1 heterocycles. The number of hydrogen-bond acceptors (Lipinski definition) is 6. The lowest BCUT2D eigenvalue weighted by atomic mass is 9.94. The summed E-state index contributed by atoms with van der Waals surface area (Å²) in [5.41, 5.74) is 2.27. The molecule has 3 aromatic rings. The van der Waals surface area contributed by atoms with Gasteiger partial charge < -0.3 is 19.5 Å². The number of Topliss-reactive ketones (excluding diaryl/α,β-unsaturated/α-hetero) is 1. The minimum absolute atomic E-state index is 0.0120. The van der Waals surface area contributed by atoms with E-state index in [4.69, 9.17) is 21.1 Å². The van der Waals surface area contributed by atoms with Crippen molar-refractivity contribution in [3.05, 3.63) is 88.5 Å². The minimum atomic E-state index is -0.887. The van der Waals surface area contributed by atoms with E-state index in [0.29, 0.717) is 27.8 Å². The van der Waals surface area contributed by atoms with E-state index in [-0.39, 0.29) is 23.0 Å². The summed E-state index contributed by atoms with van der Waals surface area (Å²) >= 11 is 6.20. The summed E-state index contributed by atoms with van der Waals surface area (Å²) in [5, 5.41) is 11.8. The summed E-state index contributed by atoms with van der Waals surface area (Å²) in [6.07, 6.45) is -0.0120. The molecule has 1 atom stereocenters. The Morgan fingerprint density at radius 2 is 1.65 bits per heavy atom. The third-order valence-corrected chi connectivity index (χ3v) is 6.31. The third kappa shape index (κ3) is 5.13. The van der Waals surface area contributed by atoms with Gasteiger partial charge in [-0.3, -0.25) is 14.5 Å². The fourth-order valence-corrected chi connectivity index (χ4v) is 4.51. The van der Waals surface area contributed by atoms with E-state index < -0.39 is 17.7 Å². The minimum Gasteiger partial charge on any atom is -0.507 e. The van der Waals surface area contributed by atoms with E-state index in [1.165, 1.54) is 18.1 Å². The monoisotopic (exact) mass is 520 g/mol. The number of amides is 1. The predicted molar refractivity (Wildman–Crippen MR) is 146 cm³/mol. The molecule has 1 N–H and O–H groups in total. The van der Waals surface area contributed by atoms with Crippen molar-refractivity contribution in [2.24, 2.45) is 0 Å². The highest BCUT2D eigenvalue weighted by molar-refractivity contribution is 6.51. The van der Waals surface area contributed by atoms with Gasteiger partial charge in [0, 0.05) is 30.5 Å². The SMILES string of the molecule is COc1ccc(Cl)cc1/C(O)=C1\C(=O)C(=O)N(c2ccc(N(C)C)cc2)C1c1ccc(OC(C)C)cc1. The molecule has 0 aliphatic carbocycles. The second-order valence-electron chi connectivity index (χ2n) is 9.16. The Hall–Kier alpha value is -3.97. The number of aliphatic hydroxyl groups is 1. The first-order valence-electron chi connectivity index (χ1n) is 11.8. The largest absolute Gasteiger partial charge is 0.507 e. The highest BCUT2D eigenvalue weighted by atomic mass is 35.5. The van der Waals surface area contributed by atoms with E-state index in [1.807, 2.05) is 45.0 Å². The van der Waals surface area contributed by atoms with Crippen LogP contribution in [0.2, 0.25) is 5.02 Å². The Bertz CT molecular complexity index is 1350. The molecule has 37 heavy (non-hydrogen) atoms. The number of nitrogens with zero attached hydrogens (tertiary/aromatic N) is 2. The summed E-state index contributed by atoms with van der Waals surface area (Å²) in [4.78, 5) is 30.2. The predicted octanol–water partition coefficient (Wildman–Crippen LogP) is 5.83. The third-order valence-electron chi connectivity index (χ3n) is 6.07. The van der Waals surface area contributed by atoms with Crippen LogP contribution in [0.4, 0.5) is 11.4 Å². The first-order chi connectivity index (χ1) is 17.6. The van der Waals surface area contributed by atoms with Crippen molar-refractivity contribution >= 4 is 40.4 Å². The van der Waals surface area contributed by atoms with Crippen molar-refractivity contribution in [2.75, 3.05) is 31.0 Å². The summed E-state index contributed by atoms with van der Waals surface area (Å²) in [7, 11) is 5.29. The van der Waals surface area contributed by atoms with Gasteiger partial charge in [-0.2, -0.15) is 0 Å². The number of anilines is 2. The molecule has 1 amide bonds. The first kappa shape index (κ1) is 26.1. The van der Waals surface area contributed by atoms with Gasteiger partial charge >= 0.3 is 0 Å². The van der Waals surface area contributed by atoms with Crippen LogP contribution in [0, 0.1) is 0 Å². The number of methoxy groups -OCH3 is 1. The van der Waals surface area contributed by atoms with Gasteiger partial charge in [-0.1, -0.05) is 23.7 Å². The average molecular weight is 521 g/mol. The number of aliphatic hydroxyl groups excluding tert-OH is 1. The molecule has 8 heteroatoms. The zero-order valence-electron chi connectivity index (χ0n) is 21.4. The van der Waals surface area contributed by atoms with Crippen LogP contribution in [0.25, 0.3) is 5.76 Å². The van der Waals surface area contributed by atoms with E-state index in [2.05, 4.69) is 0 Å². The lowest BCUT2D eigenvalue weighted by molar-refractivity contribution is -0.132. The molecular weight excluding hydrogens is 492 g/mol. The lowest BCUT2D eigenvalue weighted by Crippen LogP contribution is -2.29. The number of ether oxygens (including phenoxy) is 2. The van der Waals surface area contributed by atoms with Gasteiger partial charge in [-0.25, -0.2) is 0 Å². The molecule has 1 fully saturated rings. The van der Waals surface area contributed by atoms with E-state index in [9.17, 15) is 14.7 Å². The Morgan fingerprint density at radius 1 is 1.00 bits per heavy atom. The number of benzene rings is 3. The first-order valence-corrected chi connectivity index (χ1v) is 12.2. The Balaban J connectivity index is 1.91. The van der Waals surface area contributed by atoms with Gasteiger partial charge in [-0.05, 0) is 74.0 Å². The second-order valence-corrected chi connectivity index (χ2v) is 9.60. The maximum absolute atomic E-state index is 13.4. The molecule has 0 aromatic heterocycles. The Morgan fingerprint density at radius 3 is 2.22 bits per heavy atom. The summed E-state index contributed by atoms with van der Waals surface area (Å²) in [6, 6.07) is 18.3. The van der Waals surface area contributed by atoms with Crippen LogP contribution in [0.15, 0.2) is 72.3 Å². The number of rotatable bonds is 7. The van der Waals surface area contributed by atoms with Crippen molar-refractivity contribution in [3.63, 3.8) is 0 Å². The molecule has 0 spiro atoms. The zero-order valence-corrected chi connectivity index (χ0v) is 22.1. The van der Waals surface area contributed by atoms with Gasteiger partial charge in [0.05, 0.1) is 30.4 Å². The van der Waals surface area contributed by atoms with Crippen molar-refractivity contribution in [1.82, 2.24) is 0 Å². The van der Waals surface area contributed by atoms with Gasteiger partial charge in [0.15, 0.2) is 0 Å². The van der Waals surface area contributed by atoms with E-state index in [0.717, 1.165) is 5.69 Å². The van der Waals surface area contributed by atoms with Crippen LogP contribution in [0.5, 0.6) is 11.5 Å². The van der Waals surface area contributed by atoms with Crippen molar-refractivity contribution in [2.45, 2.75) is 26.0 Å². The van der Waals surface area contributed by atoms with Crippen LogP contribution in [0.1, 0.15) is 31.0 Å². The molecule has 3 aromatic carbocycles. The quantitative estimate of drug-likeness (QED) is 0.240. The maximum atomic E-state index is 13.4.